The molecule has 2 N–H and O–H groups in total. The van der Waals surface area contributed by atoms with Crippen molar-refractivity contribution in [3.63, 3.8) is 0 Å². The van der Waals surface area contributed by atoms with Crippen LogP contribution in [0.15, 0.2) is 18.2 Å². The van der Waals surface area contributed by atoms with Gasteiger partial charge in [0.1, 0.15) is 0 Å². The van der Waals surface area contributed by atoms with E-state index in [4.69, 9.17) is 16.3 Å². The summed E-state index contributed by atoms with van der Waals surface area (Å²) in [6.07, 6.45) is 3.69. The number of benzene rings is 1. The Labute approximate surface area is 137 Å². The van der Waals surface area contributed by atoms with E-state index in [0.717, 1.165) is 18.8 Å². The highest BCUT2D eigenvalue weighted by Gasteiger charge is 2.14. The molecule has 1 atom stereocenters. The predicted molar refractivity (Wildman–Crippen MR) is 91.0 cm³/mol. The molecule has 1 fully saturated rings. The van der Waals surface area contributed by atoms with Crippen LogP contribution in [0.25, 0.3) is 0 Å². The van der Waals surface area contributed by atoms with Crippen LogP contribution in [0.2, 0.25) is 5.02 Å². The van der Waals surface area contributed by atoms with Crippen molar-refractivity contribution in [3.8, 4) is 0 Å². The van der Waals surface area contributed by atoms with Crippen molar-refractivity contribution in [1.82, 2.24) is 5.32 Å². The van der Waals surface area contributed by atoms with Gasteiger partial charge in [-0.05, 0) is 44.4 Å². The zero-order chi connectivity index (χ0) is 15.9. The molecule has 1 heterocycles. The first kappa shape index (κ1) is 16.9. The number of anilines is 2. The fourth-order valence-electron chi connectivity index (χ4n) is 2.66. The zero-order valence-electron chi connectivity index (χ0n) is 13.2. The maximum atomic E-state index is 11.9. The van der Waals surface area contributed by atoms with Gasteiger partial charge in [0.05, 0.1) is 23.4 Å². The highest BCUT2D eigenvalue weighted by Crippen LogP contribution is 2.30. The molecule has 2 amide bonds. The van der Waals surface area contributed by atoms with Gasteiger partial charge in [0.25, 0.3) is 0 Å². The molecule has 0 aromatic heterocycles. The van der Waals surface area contributed by atoms with Crippen molar-refractivity contribution < 1.29 is 9.53 Å². The number of ether oxygens (including phenoxy) is 1. The van der Waals surface area contributed by atoms with Gasteiger partial charge in [-0.15, -0.1) is 0 Å². The van der Waals surface area contributed by atoms with E-state index in [1.54, 1.807) is 13.2 Å². The van der Waals surface area contributed by atoms with Crippen LogP contribution in [0, 0.1) is 0 Å². The fraction of sp³-hybridized carbons (Fsp3) is 0.562. The largest absolute Gasteiger partial charge is 0.383 e. The minimum Gasteiger partial charge on any atom is -0.383 e. The number of hydrogen-bond acceptors (Lipinski definition) is 3. The number of carbonyl (C=O) groups excluding carboxylic acids is 1. The minimum atomic E-state index is -0.258. The molecule has 1 aliphatic rings. The van der Waals surface area contributed by atoms with Crippen LogP contribution < -0.4 is 15.5 Å². The predicted octanol–water partition coefficient (Wildman–Crippen LogP) is 3.49. The Hall–Kier alpha value is -1.46. The van der Waals surface area contributed by atoms with Crippen LogP contribution in [0.1, 0.15) is 26.2 Å². The average Bonchev–Trinajstić information content (AvgIpc) is 2.48. The quantitative estimate of drug-likeness (QED) is 0.871. The lowest BCUT2D eigenvalue weighted by molar-refractivity contribution is 0.173. The van der Waals surface area contributed by atoms with E-state index in [-0.39, 0.29) is 12.1 Å². The van der Waals surface area contributed by atoms with E-state index < -0.39 is 0 Å². The molecule has 0 saturated carbocycles. The first-order valence-corrected chi connectivity index (χ1v) is 8.09. The number of hydrogen-bond donors (Lipinski definition) is 2. The van der Waals surface area contributed by atoms with Gasteiger partial charge in [-0.2, -0.15) is 0 Å². The number of rotatable bonds is 5. The highest BCUT2D eigenvalue weighted by molar-refractivity contribution is 6.33. The second kappa shape index (κ2) is 8.25. The van der Waals surface area contributed by atoms with E-state index in [2.05, 4.69) is 15.5 Å². The Balaban J connectivity index is 1.95. The monoisotopic (exact) mass is 325 g/mol. The molecule has 22 heavy (non-hydrogen) atoms. The second-order valence-electron chi connectivity index (χ2n) is 5.67. The van der Waals surface area contributed by atoms with E-state index in [0.29, 0.717) is 17.3 Å². The Morgan fingerprint density at radius 2 is 2.09 bits per heavy atom. The Morgan fingerprint density at radius 1 is 1.36 bits per heavy atom. The number of urea groups is 1. The summed E-state index contributed by atoms with van der Waals surface area (Å²) in [5, 5.41) is 6.26. The Kier molecular flexibility index (Phi) is 6.34. The van der Waals surface area contributed by atoms with Gasteiger partial charge in [0.2, 0.25) is 0 Å². The molecular formula is C16H24ClN3O2. The van der Waals surface area contributed by atoms with Gasteiger partial charge in [-0.1, -0.05) is 11.6 Å². The fourth-order valence-corrected chi connectivity index (χ4v) is 2.96. The van der Waals surface area contributed by atoms with Gasteiger partial charge < -0.3 is 20.3 Å². The molecular weight excluding hydrogens is 302 g/mol. The third-order valence-corrected chi connectivity index (χ3v) is 4.00. The third-order valence-electron chi connectivity index (χ3n) is 3.70. The minimum absolute atomic E-state index is 0.0481. The molecule has 1 aliphatic heterocycles. The molecule has 0 spiro atoms. The smallest absolute Gasteiger partial charge is 0.319 e. The van der Waals surface area contributed by atoms with Gasteiger partial charge in [-0.25, -0.2) is 4.79 Å². The first-order chi connectivity index (χ1) is 10.6. The SMILES string of the molecule is COC[C@@H](C)NC(=O)Nc1ccc(N2CCCCC2)c(Cl)c1. The van der Waals surface area contributed by atoms with E-state index in [9.17, 15) is 4.79 Å². The number of piperidine rings is 1. The maximum absolute atomic E-state index is 11.9. The van der Waals surface area contributed by atoms with Crippen LogP contribution >= 0.6 is 11.6 Å². The van der Waals surface area contributed by atoms with Crippen molar-refractivity contribution in [3.05, 3.63) is 23.2 Å². The van der Waals surface area contributed by atoms with Crippen molar-refractivity contribution in [1.29, 1.82) is 0 Å². The highest BCUT2D eigenvalue weighted by atomic mass is 35.5. The third kappa shape index (κ3) is 4.78. The summed E-state index contributed by atoms with van der Waals surface area (Å²) in [6.45, 7) is 4.45. The number of halogens is 1. The lowest BCUT2D eigenvalue weighted by Crippen LogP contribution is -2.38. The standard InChI is InChI=1S/C16H24ClN3O2/c1-12(11-22-2)18-16(21)19-13-6-7-15(14(17)10-13)20-8-4-3-5-9-20/h6-7,10,12H,3-5,8-9,11H2,1-2H3,(H2,18,19,21)/t12-/m1/s1. The second-order valence-corrected chi connectivity index (χ2v) is 6.08. The van der Waals surface area contributed by atoms with Crippen LogP contribution in [0.5, 0.6) is 0 Å². The molecule has 122 valence electrons. The van der Waals surface area contributed by atoms with Gasteiger partial charge in [0.15, 0.2) is 0 Å². The molecule has 2 rings (SSSR count). The van der Waals surface area contributed by atoms with Crippen LogP contribution in [0.4, 0.5) is 16.2 Å². The van der Waals surface area contributed by atoms with E-state index in [1.165, 1.54) is 19.3 Å². The molecule has 0 aliphatic carbocycles. The summed E-state index contributed by atoms with van der Waals surface area (Å²) in [7, 11) is 1.61. The van der Waals surface area contributed by atoms with Crippen molar-refractivity contribution >= 4 is 29.0 Å². The normalized spacial score (nSPS) is 16.2. The molecule has 1 saturated heterocycles. The maximum Gasteiger partial charge on any atom is 0.319 e. The summed E-state index contributed by atoms with van der Waals surface area (Å²) < 4.78 is 4.99. The topological polar surface area (TPSA) is 53.6 Å². The Morgan fingerprint density at radius 3 is 2.73 bits per heavy atom. The molecule has 0 bridgehead atoms. The summed E-state index contributed by atoms with van der Waals surface area (Å²) >= 11 is 6.37. The zero-order valence-corrected chi connectivity index (χ0v) is 13.9. The first-order valence-electron chi connectivity index (χ1n) is 7.71. The van der Waals surface area contributed by atoms with Gasteiger partial charge in [-0.3, -0.25) is 0 Å². The molecule has 5 nitrogen and oxygen atoms in total. The summed E-state index contributed by atoms with van der Waals surface area (Å²) in [5.74, 6) is 0. The number of nitrogens with zero attached hydrogens (tertiary/aromatic N) is 1. The Bertz CT molecular complexity index is 504. The summed E-state index contributed by atoms with van der Waals surface area (Å²) in [5.41, 5.74) is 1.73. The van der Waals surface area contributed by atoms with Gasteiger partial charge >= 0.3 is 6.03 Å². The lowest BCUT2D eigenvalue weighted by Gasteiger charge is -2.29. The number of amides is 2. The number of carbonyl (C=O) groups is 1. The van der Waals surface area contributed by atoms with Gasteiger partial charge in [0, 0.05) is 25.9 Å². The average molecular weight is 326 g/mol. The molecule has 1 aromatic carbocycles. The van der Waals surface area contributed by atoms with Crippen LogP contribution in [-0.4, -0.2) is 38.9 Å². The molecule has 0 unspecified atom stereocenters. The van der Waals surface area contributed by atoms with E-state index in [1.807, 2.05) is 19.1 Å². The van der Waals surface area contributed by atoms with Crippen LogP contribution in [-0.2, 0) is 4.74 Å². The summed E-state index contributed by atoms with van der Waals surface area (Å²) in [6, 6.07) is 5.35. The summed E-state index contributed by atoms with van der Waals surface area (Å²) in [4.78, 5) is 14.2. The molecule has 1 aromatic rings. The number of nitrogens with one attached hydrogen (secondary N) is 2. The molecule has 0 radical (unpaired) electrons. The molecule has 6 heteroatoms. The van der Waals surface area contributed by atoms with Crippen molar-refractivity contribution in [2.75, 3.05) is 37.0 Å². The number of methoxy groups -OCH3 is 1. The van der Waals surface area contributed by atoms with Crippen molar-refractivity contribution in [2.45, 2.75) is 32.2 Å². The lowest BCUT2D eigenvalue weighted by atomic mass is 10.1. The van der Waals surface area contributed by atoms with Crippen molar-refractivity contribution in [2.24, 2.45) is 0 Å². The van der Waals surface area contributed by atoms with Crippen LogP contribution in [0.3, 0.4) is 0 Å². The van der Waals surface area contributed by atoms with E-state index >= 15 is 0 Å².